The smallest absolute Gasteiger partial charge is 0.329 e. The van der Waals surface area contributed by atoms with Crippen molar-refractivity contribution >= 4 is 40.6 Å². The summed E-state index contributed by atoms with van der Waals surface area (Å²) in [6, 6.07) is 1.12. The number of carbonyl (C=O) groups is 5. The number of pyridine rings is 1. The van der Waals surface area contributed by atoms with E-state index in [4.69, 9.17) is 10.5 Å². The number of carbonyl (C=O) groups excluding carboxylic acids is 5. The number of unbranched alkanes of at least 4 members (excludes halogenated alkanes) is 1. The molecule has 3 amide bonds. The normalized spacial score (nSPS) is 20.4. The lowest BCUT2D eigenvalue weighted by Gasteiger charge is -2.22. The molecule has 2 bridgehead atoms. The molecule has 0 spiro atoms. The second-order valence-electron chi connectivity index (χ2n) is 8.61. The number of rotatable bonds is 8. The molecule has 11 nitrogen and oxygen atoms in total. The first-order chi connectivity index (χ1) is 18.6. The van der Waals surface area contributed by atoms with Crippen molar-refractivity contribution < 1.29 is 33.1 Å². The van der Waals surface area contributed by atoms with Gasteiger partial charge in [-0.25, -0.2) is 14.2 Å². The molecule has 0 aliphatic carbocycles. The highest BCUT2D eigenvalue weighted by atomic mass is 32.2. The molecule has 1 aliphatic rings. The summed E-state index contributed by atoms with van der Waals surface area (Å²) in [5.41, 5.74) is 5.09. The van der Waals surface area contributed by atoms with Crippen molar-refractivity contribution in [2.75, 3.05) is 12.3 Å². The van der Waals surface area contributed by atoms with Gasteiger partial charge < -0.3 is 26.4 Å². The molecule has 0 saturated heterocycles. The van der Waals surface area contributed by atoms with Gasteiger partial charge in [-0.3, -0.25) is 19.2 Å². The number of fused-ring (bicyclic) bond motifs is 2. The Morgan fingerprint density at radius 2 is 2.00 bits per heavy atom. The van der Waals surface area contributed by atoms with E-state index in [2.05, 4.69) is 20.9 Å². The van der Waals surface area contributed by atoms with Crippen LogP contribution >= 0.6 is 11.8 Å². The molecule has 0 aromatic carbocycles. The van der Waals surface area contributed by atoms with Crippen molar-refractivity contribution in [3.8, 4) is 0 Å². The van der Waals surface area contributed by atoms with Gasteiger partial charge in [0.05, 0.1) is 18.7 Å². The van der Waals surface area contributed by atoms with Gasteiger partial charge in [0.25, 0.3) is 11.8 Å². The van der Waals surface area contributed by atoms with Crippen LogP contribution < -0.4 is 21.7 Å². The van der Waals surface area contributed by atoms with E-state index in [-0.39, 0.29) is 41.6 Å². The van der Waals surface area contributed by atoms with Crippen LogP contribution in [0.2, 0.25) is 0 Å². The topological polar surface area (TPSA) is 170 Å². The Morgan fingerprint density at radius 1 is 1.23 bits per heavy atom. The third-order valence-corrected chi connectivity index (χ3v) is 6.36. The largest absolute Gasteiger partial charge is 0.456 e. The summed E-state index contributed by atoms with van der Waals surface area (Å²) in [5.74, 6) is -3.06. The molecule has 0 fully saturated rings. The highest BCUT2D eigenvalue weighted by Crippen LogP contribution is 2.12. The molecule has 1 aromatic rings. The Kier molecular flexibility index (Phi) is 13.3. The highest BCUT2D eigenvalue weighted by Gasteiger charge is 2.27. The van der Waals surface area contributed by atoms with Crippen LogP contribution in [-0.2, 0) is 30.5 Å². The fraction of sp³-hybridized carbons (Fsp3) is 0.462. The van der Waals surface area contributed by atoms with Crippen molar-refractivity contribution in [1.82, 2.24) is 20.9 Å². The molecule has 1 aliphatic heterocycles. The quantitative estimate of drug-likeness (QED) is 0.159. The monoisotopic (exact) mass is 563 g/mol. The molecule has 39 heavy (non-hydrogen) atoms. The number of amides is 3. The standard InChI is InChI=1S/C26H34FN5O6S/c1-3-19-24(35)32-21(9-4-6-12-28)26(37)38-17(8-5-7-13-39-16(2)33)14-23(34)29-15-22-18(27)10-11-20(30-22)25(36)31-19/h3,5,8,10-11,17,21H,4,6-7,9,12-15,28H2,1-2H3,(H,29,34)(H,31,36)(H,32,35)/b8-5+,19-3-/t17-,21+/m1/s1. The van der Waals surface area contributed by atoms with Gasteiger partial charge in [-0.2, -0.15) is 0 Å². The maximum Gasteiger partial charge on any atom is 0.329 e. The number of allylic oxidation sites excluding steroid dienone is 2. The van der Waals surface area contributed by atoms with E-state index in [1.807, 2.05) is 0 Å². The Hall–Kier alpha value is -3.58. The van der Waals surface area contributed by atoms with Crippen LogP contribution in [0.25, 0.3) is 0 Å². The zero-order chi connectivity index (χ0) is 28.8. The van der Waals surface area contributed by atoms with Crippen LogP contribution in [0.1, 0.15) is 62.1 Å². The minimum absolute atomic E-state index is 0.0309. The van der Waals surface area contributed by atoms with Gasteiger partial charge in [-0.1, -0.05) is 23.9 Å². The fourth-order valence-electron chi connectivity index (χ4n) is 3.50. The fourth-order valence-corrected chi connectivity index (χ4v) is 4.04. The Bertz CT molecular complexity index is 1130. The predicted molar refractivity (Wildman–Crippen MR) is 143 cm³/mol. The van der Waals surface area contributed by atoms with E-state index in [1.165, 1.54) is 26.0 Å². The van der Waals surface area contributed by atoms with Gasteiger partial charge in [0.1, 0.15) is 29.4 Å². The second kappa shape index (κ2) is 16.4. The number of halogens is 1. The number of esters is 1. The molecule has 0 saturated carbocycles. The number of cyclic esters (lactones) is 1. The van der Waals surface area contributed by atoms with Crippen molar-refractivity contribution in [3.05, 3.63) is 53.3 Å². The lowest BCUT2D eigenvalue weighted by Crippen LogP contribution is -2.46. The summed E-state index contributed by atoms with van der Waals surface area (Å²) in [5, 5.41) is 7.50. The number of aromatic nitrogens is 1. The molecule has 2 heterocycles. The lowest BCUT2D eigenvalue weighted by molar-refractivity contribution is -0.152. The second-order valence-corrected chi connectivity index (χ2v) is 9.88. The van der Waals surface area contributed by atoms with Crippen molar-refractivity contribution in [2.24, 2.45) is 5.73 Å². The van der Waals surface area contributed by atoms with E-state index in [0.29, 0.717) is 31.6 Å². The lowest BCUT2D eigenvalue weighted by atomic mass is 10.1. The van der Waals surface area contributed by atoms with E-state index in [9.17, 15) is 28.4 Å². The summed E-state index contributed by atoms with van der Waals surface area (Å²) >= 11 is 1.14. The molecule has 5 N–H and O–H groups in total. The molecule has 2 atom stereocenters. The number of hydrogen-bond acceptors (Lipinski definition) is 9. The SMILES string of the molecule is C/C=C1\NC(=O)c2ccc(F)c(n2)CNC(=O)C[C@@H](/C=C/CCSC(C)=O)OC(=O)[C@H](CCCCN)NC1=O. The van der Waals surface area contributed by atoms with Crippen molar-refractivity contribution in [3.63, 3.8) is 0 Å². The van der Waals surface area contributed by atoms with Crippen LogP contribution in [0.4, 0.5) is 4.39 Å². The Balaban J connectivity index is 2.37. The van der Waals surface area contributed by atoms with Crippen LogP contribution in [0.5, 0.6) is 0 Å². The highest BCUT2D eigenvalue weighted by molar-refractivity contribution is 8.13. The van der Waals surface area contributed by atoms with Gasteiger partial charge >= 0.3 is 5.97 Å². The average Bonchev–Trinajstić information content (AvgIpc) is 2.89. The maximum absolute atomic E-state index is 14.3. The molecule has 2 rings (SSSR count). The summed E-state index contributed by atoms with van der Waals surface area (Å²) in [6.07, 6.45) is 5.13. The number of nitrogens with zero attached hydrogens (tertiary/aromatic N) is 1. The van der Waals surface area contributed by atoms with Crippen LogP contribution in [0.3, 0.4) is 0 Å². The number of nitrogens with two attached hydrogens (primary N) is 1. The summed E-state index contributed by atoms with van der Waals surface area (Å²) in [4.78, 5) is 66.6. The van der Waals surface area contributed by atoms with E-state index < -0.39 is 41.7 Å². The molecule has 212 valence electrons. The Labute approximate surface area is 230 Å². The zero-order valence-electron chi connectivity index (χ0n) is 22.0. The summed E-state index contributed by atoms with van der Waals surface area (Å²) < 4.78 is 19.9. The summed E-state index contributed by atoms with van der Waals surface area (Å²) in [6.45, 7) is 3.06. The third kappa shape index (κ3) is 11.0. The first kappa shape index (κ1) is 31.6. The van der Waals surface area contributed by atoms with Gasteiger partial charge in [-0.15, -0.1) is 0 Å². The maximum atomic E-state index is 14.3. The van der Waals surface area contributed by atoms with Gasteiger partial charge in [0, 0.05) is 12.7 Å². The van der Waals surface area contributed by atoms with Gasteiger partial charge in [0.2, 0.25) is 5.91 Å². The minimum Gasteiger partial charge on any atom is -0.456 e. The first-order valence-corrected chi connectivity index (χ1v) is 13.5. The molecule has 0 radical (unpaired) electrons. The molecule has 1 aromatic heterocycles. The van der Waals surface area contributed by atoms with Crippen LogP contribution in [0.15, 0.2) is 36.1 Å². The molecular formula is C26H34FN5O6S. The van der Waals surface area contributed by atoms with E-state index in [0.717, 1.165) is 23.9 Å². The van der Waals surface area contributed by atoms with E-state index in [1.54, 1.807) is 6.08 Å². The third-order valence-electron chi connectivity index (χ3n) is 5.52. The van der Waals surface area contributed by atoms with Gasteiger partial charge in [-0.05, 0) is 57.4 Å². The number of thioether (sulfide) groups is 1. The minimum atomic E-state index is -1.08. The predicted octanol–water partition coefficient (Wildman–Crippen LogP) is 1.63. The molecular weight excluding hydrogens is 529 g/mol. The van der Waals surface area contributed by atoms with Crippen molar-refractivity contribution in [2.45, 2.75) is 64.6 Å². The first-order valence-electron chi connectivity index (χ1n) is 12.6. The molecule has 13 heteroatoms. The Morgan fingerprint density at radius 3 is 2.69 bits per heavy atom. The van der Waals surface area contributed by atoms with Gasteiger partial charge in [0.15, 0.2) is 5.12 Å². The average molecular weight is 564 g/mol. The number of ether oxygens (including phenoxy) is 1. The van der Waals surface area contributed by atoms with Crippen LogP contribution in [0, 0.1) is 5.82 Å². The zero-order valence-corrected chi connectivity index (χ0v) is 22.8. The number of hydrogen-bond donors (Lipinski definition) is 4. The molecule has 0 unspecified atom stereocenters. The van der Waals surface area contributed by atoms with Crippen LogP contribution in [-0.4, -0.2) is 58.2 Å². The number of nitrogens with one attached hydrogen (secondary N) is 3. The summed E-state index contributed by atoms with van der Waals surface area (Å²) in [7, 11) is 0. The van der Waals surface area contributed by atoms with E-state index >= 15 is 0 Å². The van der Waals surface area contributed by atoms with Crippen molar-refractivity contribution in [1.29, 1.82) is 0 Å².